The maximum absolute atomic E-state index is 14.7. The number of sulfonamides is 1. The molecule has 2 aromatic rings. The average Bonchev–Trinajstić information content (AvgIpc) is 2.67. The van der Waals surface area contributed by atoms with Gasteiger partial charge in [-0.25, -0.2) is 12.8 Å². The van der Waals surface area contributed by atoms with Crippen LogP contribution in [0.5, 0.6) is 0 Å². The smallest absolute Gasteiger partial charge is 0.264 e. The summed E-state index contributed by atoms with van der Waals surface area (Å²) in [5.74, 6) is -2.12. The minimum absolute atomic E-state index is 0.00887. The van der Waals surface area contributed by atoms with E-state index in [4.69, 9.17) is 10.5 Å². The van der Waals surface area contributed by atoms with Crippen molar-refractivity contribution < 1.29 is 17.5 Å². The van der Waals surface area contributed by atoms with Crippen molar-refractivity contribution in [2.45, 2.75) is 5.92 Å². The Kier molecular flexibility index (Phi) is 4.21. The van der Waals surface area contributed by atoms with Crippen LogP contribution in [0.4, 0.5) is 10.1 Å². The minimum atomic E-state index is -4.10. The van der Waals surface area contributed by atoms with Crippen LogP contribution in [0.25, 0.3) is 5.76 Å². The van der Waals surface area contributed by atoms with E-state index < -0.39 is 21.8 Å². The molecule has 1 atom stereocenters. The maximum atomic E-state index is 14.7. The largest absolute Gasteiger partial charge is 0.439 e. The summed E-state index contributed by atoms with van der Waals surface area (Å²) >= 11 is 3.27. The fourth-order valence-corrected chi connectivity index (χ4v) is 5.46. The molecule has 0 amide bonds. The highest BCUT2D eigenvalue weighted by Crippen LogP contribution is 2.51. The summed E-state index contributed by atoms with van der Waals surface area (Å²) in [6.45, 7) is 0. The van der Waals surface area contributed by atoms with Gasteiger partial charge in [0.15, 0.2) is 5.76 Å². The molecule has 4 rings (SSSR count). The number of nitrogens with two attached hydrogens (primary N) is 1. The maximum Gasteiger partial charge on any atom is 0.264 e. The fraction of sp³-hybridized carbons (Fsp3) is 0.105. The van der Waals surface area contributed by atoms with Gasteiger partial charge in [0, 0.05) is 22.6 Å². The molecule has 0 spiro atoms. The molecule has 0 aromatic heterocycles. The summed E-state index contributed by atoms with van der Waals surface area (Å²) in [5.41, 5.74) is 6.71. The third-order valence-electron chi connectivity index (χ3n) is 4.77. The highest BCUT2D eigenvalue weighted by atomic mass is 79.9. The topological polar surface area (TPSA) is 96.4 Å². The lowest BCUT2D eigenvalue weighted by molar-refractivity contribution is 0.357. The van der Waals surface area contributed by atoms with Crippen molar-refractivity contribution in [1.82, 2.24) is 0 Å². The van der Waals surface area contributed by atoms with E-state index in [9.17, 15) is 18.1 Å². The number of rotatable bonds is 1. The van der Waals surface area contributed by atoms with Gasteiger partial charge < -0.3 is 10.5 Å². The van der Waals surface area contributed by atoms with Gasteiger partial charge in [-0.3, -0.25) is 4.31 Å². The Morgan fingerprint density at radius 2 is 2.00 bits per heavy atom. The van der Waals surface area contributed by atoms with E-state index in [2.05, 4.69) is 15.9 Å². The van der Waals surface area contributed by atoms with E-state index in [1.807, 2.05) is 6.07 Å². The number of nitrogens with zero attached hydrogens (tertiary/aromatic N) is 2. The molecule has 0 unspecified atom stereocenters. The fourth-order valence-electron chi connectivity index (χ4n) is 3.44. The minimum Gasteiger partial charge on any atom is -0.439 e. The Hall–Kier alpha value is -2.83. The second kappa shape index (κ2) is 6.36. The Morgan fingerprint density at radius 1 is 1.29 bits per heavy atom. The molecule has 0 aliphatic carbocycles. The Bertz CT molecular complexity index is 1230. The van der Waals surface area contributed by atoms with Crippen molar-refractivity contribution in [3.63, 3.8) is 0 Å². The van der Waals surface area contributed by atoms with Crippen LogP contribution >= 0.6 is 15.9 Å². The number of halogens is 2. The first-order valence-electron chi connectivity index (χ1n) is 8.12. The Morgan fingerprint density at radius 3 is 2.71 bits per heavy atom. The molecule has 2 aliphatic heterocycles. The molecule has 142 valence electrons. The first-order valence-corrected chi connectivity index (χ1v) is 10.4. The summed E-state index contributed by atoms with van der Waals surface area (Å²) in [7, 11) is -2.70. The Balaban J connectivity index is 2.11. The zero-order valence-corrected chi connectivity index (χ0v) is 16.9. The van der Waals surface area contributed by atoms with Gasteiger partial charge in [-0.2, -0.15) is 5.26 Å². The third-order valence-corrected chi connectivity index (χ3v) is 7.16. The molecule has 0 saturated carbocycles. The van der Waals surface area contributed by atoms with Gasteiger partial charge in [0.05, 0.1) is 11.6 Å². The summed E-state index contributed by atoms with van der Waals surface area (Å²) < 4.78 is 48.6. The van der Waals surface area contributed by atoms with Gasteiger partial charge in [0.2, 0.25) is 5.88 Å². The highest BCUT2D eigenvalue weighted by Gasteiger charge is 2.46. The van der Waals surface area contributed by atoms with Gasteiger partial charge in [-0.15, -0.1) is 0 Å². The number of nitriles is 1. The van der Waals surface area contributed by atoms with E-state index >= 15 is 0 Å². The van der Waals surface area contributed by atoms with Crippen molar-refractivity contribution in [3.8, 4) is 6.07 Å². The van der Waals surface area contributed by atoms with E-state index in [0.717, 1.165) is 4.31 Å². The SMILES string of the molecule is CN1c2ccccc2C2=C([C@@H](c3cc(Br)ccc3F)C(C#N)=C(N)O2)S1(=O)=O. The molecular formula is C19H13BrFN3O3S. The van der Waals surface area contributed by atoms with Crippen LogP contribution in [0.2, 0.25) is 0 Å². The molecule has 2 heterocycles. The van der Waals surface area contributed by atoms with Gasteiger partial charge in [-0.05, 0) is 30.3 Å². The Labute approximate surface area is 169 Å². The molecule has 28 heavy (non-hydrogen) atoms. The number of hydrogen-bond acceptors (Lipinski definition) is 5. The summed E-state index contributed by atoms with van der Waals surface area (Å²) in [5, 5.41) is 9.64. The number of ether oxygens (including phenoxy) is 1. The summed E-state index contributed by atoms with van der Waals surface area (Å²) in [6, 6.07) is 12.8. The summed E-state index contributed by atoms with van der Waals surface area (Å²) in [4.78, 5) is -0.212. The zero-order chi connectivity index (χ0) is 20.2. The van der Waals surface area contributed by atoms with Crippen LogP contribution in [0, 0.1) is 17.1 Å². The van der Waals surface area contributed by atoms with E-state index in [1.54, 1.807) is 24.3 Å². The summed E-state index contributed by atoms with van der Waals surface area (Å²) in [6.07, 6.45) is 0. The second-order valence-corrected chi connectivity index (χ2v) is 9.13. The van der Waals surface area contributed by atoms with Crippen molar-refractivity contribution >= 4 is 37.4 Å². The van der Waals surface area contributed by atoms with E-state index in [1.165, 1.54) is 25.2 Å². The molecule has 0 saturated heterocycles. The molecule has 9 heteroatoms. The molecular weight excluding hydrogens is 449 g/mol. The van der Waals surface area contributed by atoms with Crippen LogP contribution in [0.1, 0.15) is 17.0 Å². The predicted molar refractivity (Wildman–Crippen MR) is 105 cm³/mol. The van der Waals surface area contributed by atoms with Crippen LogP contribution < -0.4 is 10.0 Å². The third kappa shape index (κ3) is 2.52. The van der Waals surface area contributed by atoms with Crippen LogP contribution in [0.15, 0.2) is 63.3 Å². The van der Waals surface area contributed by atoms with Gasteiger partial charge in [0.1, 0.15) is 22.4 Å². The van der Waals surface area contributed by atoms with E-state index in [-0.39, 0.29) is 27.7 Å². The van der Waals surface area contributed by atoms with Crippen molar-refractivity contribution in [1.29, 1.82) is 5.26 Å². The molecule has 0 bridgehead atoms. The normalized spacial score (nSPS) is 20.2. The lowest BCUT2D eigenvalue weighted by atomic mass is 9.88. The van der Waals surface area contributed by atoms with Crippen LogP contribution in [0.3, 0.4) is 0 Å². The number of benzene rings is 2. The van der Waals surface area contributed by atoms with Crippen LogP contribution in [-0.4, -0.2) is 15.5 Å². The predicted octanol–water partition coefficient (Wildman–Crippen LogP) is 3.54. The van der Waals surface area contributed by atoms with Gasteiger partial charge in [-0.1, -0.05) is 28.1 Å². The molecule has 6 nitrogen and oxygen atoms in total. The highest BCUT2D eigenvalue weighted by molar-refractivity contribution is 9.10. The quantitative estimate of drug-likeness (QED) is 0.700. The first kappa shape index (κ1) is 18.5. The zero-order valence-electron chi connectivity index (χ0n) is 14.5. The standard InChI is InChI=1S/C19H13BrFN3O3S/c1-24-15-5-3-2-4-11(15)17-18(28(24,25)26)16(13(9-22)19(23)27-17)12-8-10(20)6-7-14(12)21/h2-8,16H,23H2,1H3/t16-/m0/s1. The number of anilines is 1. The molecule has 2 aromatic carbocycles. The number of allylic oxidation sites excluding steroid dienone is 2. The van der Waals surface area contributed by atoms with Crippen molar-refractivity contribution in [2.75, 3.05) is 11.4 Å². The van der Waals surface area contributed by atoms with Crippen LogP contribution in [-0.2, 0) is 14.8 Å². The monoisotopic (exact) mass is 461 g/mol. The van der Waals surface area contributed by atoms with Crippen molar-refractivity contribution in [2.24, 2.45) is 5.73 Å². The molecule has 0 radical (unpaired) electrons. The number of hydrogen-bond donors (Lipinski definition) is 1. The molecule has 2 aliphatic rings. The first-order chi connectivity index (χ1) is 13.3. The van der Waals surface area contributed by atoms with Gasteiger partial charge in [0.25, 0.3) is 10.0 Å². The van der Waals surface area contributed by atoms with Crippen molar-refractivity contribution in [3.05, 3.63) is 80.2 Å². The van der Waals surface area contributed by atoms with Gasteiger partial charge >= 0.3 is 0 Å². The number of para-hydroxylation sites is 1. The average molecular weight is 462 g/mol. The second-order valence-electron chi connectivity index (χ2n) is 6.27. The lowest BCUT2D eigenvalue weighted by Crippen LogP contribution is -2.37. The lowest BCUT2D eigenvalue weighted by Gasteiger charge is -2.36. The molecule has 2 N–H and O–H groups in total. The van der Waals surface area contributed by atoms with E-state index in [0.29, 0.717) is 15.7 Å². The number of fused-ring (bicyclic) bond motifs is 2. The molecule has 0 fully saturated rings.